The molecule has 0 unspecified atom stereocenters. The highest BCUT2D eigenvalue weighted by atomic mass is 16.5. The molecular weight excluding hydrogens is 412 g/mol. The maximum Gasteiger partial charge on any atom is 0.336 e. The van der Waals surface area contributed by atoms with Crippen LogP contribution >= 0.6 is 0 Å². The number of hydrogen-bond acceptors (Lipinski definition) is 9. The number of cyclic esters (lactones) is 1. The molecule has 32 heavy (non-hydrogen) atoms. The average Bonchev–Trinajstić information content (AvgIpc) is 3.30. The van der Waals surface area contributed by atoms with Crippen molar-refractivity contribution in [3.05, 3.63) is 29.4 Å². The first kappa shape index (κ1) is 22.0. The van der Waals surface area contributed by atoms with Crippen molar-refractivity contribution in [3.63, 3.8) is 0 Å². The molecule has 1 spiro atoms. The second-order valence-corrected chi connectivity index (χ2v) is 8.99. The number of carbonyl (C=O) groups is 2. The number of esters is 1. The first-order chi connectivity index (χ1) is 15.3. The Labute approximate surface area is 186 Å². The molecule has 1 saturated carbocycles. The van der Waals surface area contributed by atoms with E-state index in [9.17, 15) is 9.59 Å². The smallest absolute Gasteiger partial charge is 0.336 e. The van der Waals surface area contributed by atoms with Crippen molar-refractivity contribution < 1.29 is 14.3 Å². The molecule has 1 aliphatic carbocycles. The van der Waals surface area contributed by atoms with E-state index in [1.54, 1.807) is 18.0 Å². The Kier molecular flexibility index (Phi) is 5.76. The zero-order chi connectivity index (χ0) is 22.9. The molecule has 4 rings (SSSR count). The fourth-order valence-electron chi connectivity index (χ4n) is 4.76. The van der Waals surface area contributed by atoms with E-state index in [0.29, 0.717) is 24.5 Å². The molecular formula is C21H28N8O3. The van der Waals surface area contributed by atoms with Crippen LogP contribution in [-0.2, 0) is 20.9 Å². The summed E-state index contributed by atoms with van der Waals surface area (Å²) in [5.74, 6) is 0.114. The van der Waals surface area contributed by atoms with E-state index in [-0.39, 0.29) is 29.4 Å². The number of carbonyl (C=O) groups excluding carboxylic acids is 2. The van der Waals surface area contributed by atoms with Crippen molar-refractivity contribution >= 4 is 24.0 Å². The van der Waals surface area contributed by atoms with Gasteiger partial charge >= 0.3 is 5.97 Å². The number of anilines is 1. The van der Waals surface area contributed by atoms with Crippen LogP contribution in [0.3, 0.4) is 0 Å². The summed E-state index contributed by atoms with van der Waals surface area (Å²) in [5, 5.41) is 15.0. The van der Waals surface area contributed by atoms with Gasteiger partial charge in [-0.1, -0.05) is 5.22 Å². The zero-order valence-electron chi connectivity index (χ0n) is 18.3. The Morgan fingerprint density at radius 2 is 2.00 bits per heavy atom. The summed E-state index contributed by atoms with van der Waals surface area (Å²) in [6.07, 6.45) is 8.14. The van der Waals surface area contributed by atoms with Gasteiger partial charge in [0.1, 0.15) is 12.9 Å². The van der Waals surface area contributed by atoms with Crippen LogP contribution in [0, 0.1) is 16.4 Å². The Bertz CT molecular complexity index is 958. The second kappa shape index (κ2) is 8.38. The highest BCUT2D eigenvalue weighted by Crippen LogP contribution is 2.48. The summed E-state index contributed by atoms with van der Waals surface area (Å²) >= 11 is 0. The van der Waals surface area contributed by atoms with Gasteiger partial charge in [0, 0.05) is 18.6 Å². The van der Waals surface area contributed by atoms with Crippen molar-refractivity contribution in [2.75, 3.05) is 18.2 Å². The predicted molar refractivity (Wildman–Crippen MR) is 115 cm³/mol. The lowest BCUT2D eigenvalue weighted by molar-refractivity contribution is -0.138. The van der Waals surface area contributed by atoms with Gasteiger partial charge in [0.25, 0.3) is 0 Å². The molecule has 3 N–H and O–H groups in total. The molecule has 3 aliphatic rings. The van der Waals surface area contributed by atoms with E-state index in [1.165, 1.54) is 6.20 Å². The maximum absolute atomic E-state index is 13.3. The summed E-state index contributed by atoms with van der Waals surface area (Å²) in [4.78, 5) is 35.3. The van der Waals surface area contributed by atoms with Gasteiger partial charge in [0.15, 0.2) is 5.82 Å². The SMILES string of the molecule is CC1=C(N2CC[C@]3(CC[C@](C)(NCc4cnc(N(C=N)N=N)cn4)CC3)C2=O)COC1=O. The van der Waals surface area contributed by atoms with Gasteiger partial charge in [-0.15, -0.1) is 0 Å². The van der Waals surface area contributed by atoms with E-state index in [0.717, 1.165) is 54.8 Å². The minimum Gasteiger partial charge on any atom is -0.456 e. The van der Waals surface area contributed by atoms with Crippen LogP contribution in [0.4, 0.5) is 5.82 Å². The molecule has 1 aromatic heterocycles. The van der Waals surface area contributed by atoms with Gasteiger partial charge < -0.3 is 15.0 Å². The van der Waals surface area contributed by atoms with Gasteiger partial charge in [-0.25, -0.2) is 9.78 Å². The third kappa shape index (κ3) is 3.88. The molecule has 11 heteroatoms. The van der Waals surface area contributed by atoms with E-state index in [4.69, 9.17) is 15.7 Å². The van der Waals surface area contributed by atoms with Crippen molar-refractivity contribution in [2.24, 2.45) is 10.6 Å². The van der Waals surface area contributed by atoms with Gasteiger partial charge in [-0.3, -0.25) is 15.2 Å². The number of hydrogen-bond donors (Lipinski definition) is 3. The highest BCUT2D eigenvalue weighted by molar-refractivity contribution is 5.94. The Hall–Kier alpha value is -3.21. The van der Waals surface area contributed by atoms with Crippen LogP contribution in [0.1, 0.15) is 51.6 Å². The van der Waals surface area contributed by atoms with Gasteiger partial charge in [-0.05, 0) is 46.0 Å². The Balaban J connectivity index is 1.35. The third-order valence-corrected chi connectivity index (χ3v) is 7.08. The largest absolute Gasteiger partial charge is 0.456 e. The lowest BCUT2D eigenvalue weighted by Crippen LogP contribution is -2.49. The quantitative estimate of drug-likeness (QED) is 0.194. The first-order valence-corrected chi connectivity index (χ1v) is 10.7. The lowest BCUT2D eigenvalue weighted by Gasteiger charge is -2.42. The van der Waals surface area contributed by atoms with Gasteiger partial charge in [0.2, 0.25) is 5.91 Å². The average molecular weight is 441 g/mol. The molecule has 0 atom stereocenters. The minimum absolute atomic E-state index is 0.113. The number of nitrogens with zero attached hydrogens (tertiary/aromatic N) is 5. The van der Waals surface area contributed by atoms with Crippen LogP contribution in [0.25, 0.3) is 0 Å². The van der Waals surface area contributed by atoms with Crippen LogP contribution in [0.2, 0.25) is 0 Å². The van der Waals surface area contributed by atoms with Gasteiger partial charge in [0.05, 0.1) is 34.8 Å². The molecule has 170 valence electrons. The fraction of sp³-hybridized carbons (Fsp3) is 0.571. The summed E-state index contributed by atoms with van der Waals surface area (Å²) in [7, 11) is 0. The number of nitrogens with one attached hydrogen (secondary N) is 3. The molecule has 1 aromatic rings. The molecule has 3 heterocycles. The van der Waals surface area contributed by atoms with Crippen LogP contribution in [-0.4, -0.2) is 51.8 Å². The highest BCUT2D eigenvalue weighted by Gasteiger charge is 2.52. The standard InChI is InChI=1S/C21H28N8O3/c1-14-16(12-32-18(14)30)28-8-7-21(19(28)31)5-3-20(2,4-6-21)26-10-15-9-25-17(11-24-15)29(13-22)27-23/h9,11,13,22-23,26H,3-8,10,12H2,1-2H3/t20-,21+. The van der Waals surface area contributed by atoms with Crippen LogP contribution in [0.15, 0.2) is 28.9 Å². The summed E-state index contributed by atoms with van der Waals surface area (Å²) < 4.78 is 5.10. The number of likely N-dealkylation sites (tertiary alicyclic amines) is 1. The van der Waals surface area contributed by atoms with E-state index in [2.05, 4.69) is 27.4 Å². The van der Waals surface area contributed by atoms with Crippen molar-refractivity contribution in [1.82, 2.24) is 20.2 Å². The lowest BCUT2D eigenvalue weighted by atomic mass is 9.67. The summed E-state index contributed by atoms with van der Waals surface area (Å²) in [5.41, 5.74) is 8.59. The van der Waals surface area contributed by atoms with Crippen molar-refractivity contribution in [3.8, 4) is 0 Å². The molecule has 1 amide bonds. The molecule has 0 bridgehead atoms. The van der Waals surface area contributed by atoms with Crippen LogP contribution < -0.4 is 10.3 Å². The predicted octanol–water partition coefficient (Wildman–Crippen LogP) is 2.31. The maximum atomic E-state index is 13.3. The summed E-state index contributed by atoms with van der Waals surface area (Å²) in [6.45, 7) is 5.27. The van der Waals surface area contributed by atoms with E-state index >= 15 is 0 Å². The topological polar surface area (TPSA) is 148 Å². The minimum atomic E-state index is -0.350. The molecule has 1 saturated heterocycles. The number of aromatic nitrogens is 2. The number of rotatable bonds is 7. The normalized spacial score (nSPS) is 27.8. The second-order valence-electron chi connectivity index (χ2n) is 8.99. The van der Waals surface area contributed by atoms with Gasteiger partial charge in [-0.2, -0.15) is 10.5 Å². The van der Waals surface area contributed by atoms with E-state index in [1.807, 2.05) is 0 Å². The molecule has 0 aromatic carbocycles. The Morgan fingerprint density at radius 3 is 2.56 bits per heavy atom. The summed E-state index contributed by atoms with van der Waals surface area (Å²) in [6, 6.07) is 0. The fourth-order valence-corrected chi connectivity index (χ4v) is 4.76. The van der Waals surface area contributed by atoms with Crippen molar-refractivity contribution in [2.45, 2.75) is 58.0 Å². The Morgan fingerprint density at radius 1 is 1.25 bits per heavy atom. The number of ether oxygens (including phenoxy) is 1. The third-order valence-electron chi connectivity index (χ3n) is 7.08. The zero-order valence-corrected chi connectivity index (χ0v) is 18.3. The van der Waals surface area contributed by atoms with Crippen LogP contribution in [0.5, 0.6) is 0 Å². The molecule has 2 fully saturated rings. The molecule has 11 nitrogen and oxygen atoms in total. The molecule has 0 radical (unpaired) electrons. The first-order valence-electron chi connectivity index (χ1n) is 10.7. The number of amides is 1. The van der Waals surface area contributed by atoms with Crippen molar-refractivity contribution in [1.29, 1.82) is 10.9 Å². The monoisotopic (exact) mass is 440 g/mol. The molecule has 2 aliphatic heterocycles. The van der Waals surface area contributed by atoms with E-state index < -0.39 is 0 Å².